The molecule has 0 unspecified atom stereocenters. The van der Waals surface area contributed by atoms with Gasteiger partial charge in [-0.05, 0) is 23.8 Å². The molecule has 3 nitrogen and oxygen atoms in total. The first-order chi connectivity index (χ1) is 8.83. The van der Waals surface area contributed by atoms with E-state index in [9.17, 15) is 0 Å². The highest BCUT2D eigenvalue weighted by molar-refractivity contribution is 5.82. The molecule has 3 aromatic rings. The van der Waals surface area contributed by atoms with Crippen LogP contribution in [0.4, 0.5) is 5.69 Å². The van der Waals surface area contributed by atoms with Crippen LogP contribution in [0.25, 0.3) is 10.9 Å². The van der Waals surface area contributed by atoms with Crippen molar-refractivity contribution in [1.82, 2.24) is 9.78 Å². The highest BCUT2D eigenvalue weighted by Gasteiger charge is 2.00. The van der Waals surface area contributed by atoms with Crippen molar-refractivity contribution in [3.05, 3.63) is 60.3 Å². The Kier molecular flexibility index (Phi) is 2.73. The fourth-order valence-corrected chi connectivity index (χ4v) is 2.07. The Bertz CT molecular complexity index is 656. The Morgan fingerprint density at radius 3 is 2.78 bits per heavy atom. The van der Waals surface area contributed by atoms with Gasteiger partial charge in [-0.2, -0.15) is 5.10 Å². The topological polar surface area (TPSA) is 29.9 Å². The third kappa shape index (κ3) is 2.07. The standard InChI is InChI=1S/C15H15N3/c1-18-15-8-7-14(9-13(15)11-17-18)16-10-12-5-3-2-4-6-12/h2-9,11,16H,10H2,1H3. The number of aromatic nitrogens is 2. The highest BCUT2D eigenvalue weighted by atomic mass is 15.2. The van der Waals surface area contributed by atoms with Crippen LogP contribution in [0.2, 0.25) is 0 Å². The van der Waals surface area contributed by atoms with Gasteiger partial charge in [-0.1, -0.05) is 30.3 Å². The molecule has 0 amide bonds. The second kappa shape index (κ2) is 4.53. The molecular formula is C15H15N3. The summed E-state index contributed by atoms with van der Waals surface area (Å²) >= 11 is 0. The number of hydrogen-bond donors (Lipinski definition) is 1. The molecule has 0 aliphatic heterocycles. The summed E-state index contributed by atoms with van der Waals surface area (Å²) in [4.78, 5) is 0. The normalized spacial score (nSPS) is 10.7. The van der Waals surface area contributed by atoms with E-state index >= 15 is 0 Å². The van der Waals surface area contributed by atoms with Gasteiger partial charge in [-0.3, -0.25) is 4.68 Å². The lowest BCUT2D eigenvalue weighted by atomic mass is 10.2. The Morgan fingerprint density at radius 2 is 1.94 bits per heavy atom. The zero-order valence-corrected chi connectivity index (χ0v) is 10.3. The van der Waals surface area contributed by atoms with E-state index in [0.717, 1.165) is 23.1 Å². The summed E-state index contributed by atoms with van der Waals surface area (Å²) in [7, 11) is 1.96. The zero-order chi connectivity index (χ0) is 12.4. The lowest BCUT2D eigenvalue weighted by molar-refractivity contribution is 0.797. The number of hydrogen-bond acceptors (Lipinski definition) is 2. The Morgan fingerprint density at radius 1 is 1.11 bits per heavy atom. The first kappa shape index (κ1) is 10.8. The van der Waals surface area contributed by atoms with Gasteiger partial charge in [0.2, 0.25) is 0 Å². The van der Waals surface area contributed by atoms with Crippen LogP contribution < -0.4 is 5.32 Å². The van der Waals surface area contributed by atoms with E-state index in [1.165, 1.54) is 5.56 Å². The molecule has 0 aliphatic carbocycles. The second-order valence-corrected chi connectivity index (χ2v) is 4.38. The van der Waals surface area contributed by atoms with Crippen molar-refractivity contribution in [2.75, 3.05) is 5.32 Å². The van der Waals surface area contributed by atoms with E-state index in [0.29, 0.717) is 0 Å². The molecule has 0 bridgehead atoms. The van der Waals surface area contributed by atoms with Gasteiger partial charge in [0.15, 0.2) is 0 Å². The first-order valence-corrected chi connectivity index (χ1v) is 6.02. The van der Waals surface area contributed by atoms with Crippen molar-refractivity contribution < 1.29 is 0 Å². The van der Waals surface area contributed by atoms with Gasteiger partial charge in [0.25, 0.3) is 0 Å². The van der Waals surface area contributed by atoms with Crippen molar-refractivity contribution in [2.45, 2.75) is 6.54 Å². The van der Waals surface area contributed by atoms with Gasteiger partial charge < -0.3 is 5.32 Å². The van der Waals surface area contributed by atoms with E-state index in [1.807, 2.05) is 24.0 Å². The maximum absolute atomic E-state index is 4.24. The zero-order valence-electron chi connectivity index (χ0n) is 10.3. The van der Waals surface area contributed by atoms with Crippen molar-refractivity contribution in [2.24, 2.45) is 7.05 Å². The van der Waals surface area contributed by atoms with Crippen molar-refractivity contribution in [3.8, 4) is 0 Å². The van der Waals surface area contributed by atoms with Crippen molar-refractivity contribution in [3.63, 3.8) is 0 Å². The largest absolute Gasteiger partial charge is 0.381 e. The first-order valence-electron chi connectivity index (χ1n) is 6.02. The average molecular weight is 237 g/mol. The lowest BCUT2D eigenvalue weighted by Gasteiger charge is -2.06. The number of nitrogens with zero attached hydrogens (tertiary/aromatic N) is 2. The predicted molar refractivity (Wildman–Crippen MR) is 74.5 cm³/mol. The third-order valence-electron chi connectivity index (χ3n) is 3.09. The number of nitrogens with one attached hydrogen (secondary N) is 1. The van der Waals surface area contributed by atoms with E-state index in [1.54, 1.807) is 0 Å². The number of rotatable bonds is 3. The number of fused-ring (bicyclic) bond motifs is 1. The Balaban J connectivity index is 1.79. The minimum atomic E-state index is 0.840. The molecule has 0 saturated carbocycles. The van der Waals surface area contributed by atoms with Gasteiger partial charge >= 0.3 is 0 Å². The summed E-state index contributed by atoms with van der Waals surface area (Å²) in [6, 6.07) is 16.7. The van der Waals surface area contributed by atoms with Crippen LogP contribution in [0.3, 0.4) is 0 Å². The minimum absolute atomic E-state index is 0.840. The number of anilines is 1. The monoisotopic (exact) mass is 237 g/mol. The van der Waals surface area contributed by atoms with Gasteiger partial charge in [-0.25, -0.2) is 0 Å². The van der Waals surface area contributed by atoms with Crippen molar-refractivity contribution in [1.29, 1.82) is 0 Å². The maximum atomic E-state index is 4.24. The highest BCUT2D eigenvalue weighted by Crippen LogP contribution is 2.18. The molecule has 0 fully saturated rings. The Hall–Kier alpha value is -2.29. The summed E-state index contributed by atoms with van der Waals surface area (Å²) in [5.41, 5.74) is 3.56. The molecule has 2 aromatic carbocycles. The Labute approximate surface area is 106 Å². The van der Waals surface area contributed by atoms with Crippen LogP contribution in [-0.4, -0.2) is 9.78 Å². The third-order valence-corrected chi connectivity index (χ3v) is 3.09. The van der Waals surface area contributed by atoms with Crippen LogP contribution in [0.5, 0.6) is 0 Å². The molecule has 0 atom stereocenters. The minimum Gasteiger partial charge on any atom is -0.381 e. The maximum Gasteiger partial charge on any atom is 0.0680 e. The van der Waals surface area contributed by atoms with E-state index < -0.39 is 0 Å². The average Bonchev–Trinajstić information content (AvgIpc) is 2.79. The van der Waals surface area contributed by atoms with Crippen LogP contribution >= 0.6 is 0 Å². The van der Waals surface area contributed by atoms with Crippen LogP contribution in [0.1, 0.15) is 5.56 Å². The molecule has 90 valence electrons. The SMILES string of the molecule is Cn1ncc2cc(NCc3ccccc3)ccc21. The molecule has 3 rings (SSSR count). The van der Waals surface area contributed by atoms with Gasteiger partial charge in [0.1, 0.15) is 0 Å². The van der Waals surface area contributed by atoms with E-state index in [2.05, 4.69) is 52.9 Å². The molecule has 0 radical (unpaired) electrons. The molecule has 0 spiro atoms. The molecule has 0 aliphatic rings. The predicted octanol–water partition coefficient (Wildman–Crippen LogP) is 3.19. The summed E-state index contributed by atoms with van der Waals surface area (Å²) in [6.07, 6.45) is 1.89. The summed E-state index contributed by atoms with van der Waals surface area (Å²) in [5, 5.41) is 8.83. The summed E-state index contributed by atoms with van der Waals surface area (Å²) in [6.45, 7) is 0.840. The molecule has 18 heavy (non-hydrogen) atoms. The molecule has 1 N–H and O–H groups in total. The second-order valence-electron chi connectivity index (χ2n) is 4.38. The lowest BCUT2D eigenvalue weighted by Crippen LogP contribution is -1.98. The van der Waals surface area contributed by atoms with Crippen LogP contribution in [-0.2, 0) is 13.6 Å². The smallest absolute Gasteiger partial charge is 0.0680 e. The fourth-order valence-electron chi connectivity index (χ4n) is 2.07. The van der Waals surface area contributed by atoms with Crippen LogP contribution in [0.15, 0.2) is 54.7 Å². The molecular weight excluding hydrogens is 222 g/mol. The van der Waals surface area contributed by atoms with Gasteiger partial charge in [0, 0.05) is 24.7 Å². The molecule has 1 heterocycles. The van der Waals surface area contributed by atoms with Gasteiger partial charge in [0.05, 0.1) is 11.7 Å². The molecule has 0 saturated heterocycles. The quantitative estimate of drug-likeness (QED) is 0.758. The van der Waals surface area contributed by atoms with Gasteiger partial charge in [-0.15, -0.1) is 0 Å². The number of aryl methyl sites for hydroxylation is 1. The van der Waals surface area contributed by atoms with E-state index in [4.69, 9.17) is 0 Å². The summed E-state index contributed by atoms with van der Waals surface area (Å²) in [5.74, 6) is 0. The fraction of sp³-hybridized carbons (Fsp3) is 0.133. The number of benzene rings is 2. The van der Waals surface area contributed by atoms with E-state index in [-0.39, 0.29) is 0 Å². The summed E-state index contributed by atoms with van der Waals surface area (Å²) < 4.78 is 1.89. The molecule has 3 heteroatoms. The molecule has 1 aromatic heterocycles. The van der Waals surface area contributed by atoms with Crippen LogP contribution in [0, 0.1) is 0 Å². The van der Waals surface area contributed by atoms with Crippen molar-refractivity contribution >= 4 is 16.6 Å².